The van der Waals surface area contributed by atoms with Crippen LogP contribution in [0.1, 0.15) is 5.69 Å². The minimum Gasteiger partial charge on any atom is -0.463 e. The topological polar surface area (TPSA) is 22.1 Å². The van der Waals surface area contributed by atoms with E-state index in [0.29, 0.717) is 0 Å². The van der Waals surface area contributed by atoms with E-state index < -0.39 is 0 Å². The van der Waals surface area contributed by atoms with Crippen LogP contribution in [0.15, 0.2) is 43.2 Å². The summed E-state index contributed by atoms with van der Waals surface area (Å²) in [4.78, 5) is 4.42. The summed E-state index contributed by atoms with van der Waals surface area (Å²) >= 11 is 0. The van der Waals surface area contributed by atoms with Crippen molar-refractivity contribution in [2.45, 2.75) is 6.92 Å². The first-order chi connectivity index (χ1) is 6.81. The Labute approximate surface area is 82.9 Å². The van der Waals surface area contributed by atoms with Crippen LogP contribution < -0.4 is 4.74 Å². The lowest BCUT2D eigenvalue weighted by molar-refractivity contribution is 0.488. The van der Waals surface area contributed by atoms with Gasteiger partial charge in [-0.3, -0.25) is 0 Å². The molecule has 2 rings (SSSR count). The van der Waals surface area contributed by atoms with Gasteiger partial charge in [0.25, 0.3) is 0 Å². The van der Waals surface area contributed by atoms with E-state index in [1.165, 1.54) is 6.26 Å². The van der Waals surface area contributed by atoms with Crippen molar-refractivity contribution in [3.63, 3.8) is 0 Å². The standard InChI is InChI=1S/C12H11NO/c1-3-14-11-6-4-5-10-8-7-9(2)13-12(10)11/h3-8H,1H2,2H3. The number of benzene rings is 1. The highest BCUT2D eigenvalue weighted by atomic mass is 16.5. The van der Waals surface area contributed by atoms with Gasteiger partial charge in [0.05, 0.1) is 6.26 Å². The molecule has 0 unspecified atom stereocenters. The first-order valence-corrected chi connectivity index (χ1v) is 4.45. The number of pyridine rings is 1. The summed E-state index contributed by atoms with van der Waals surface area (Å²) < 4.78 is 5.28. The minimum absolute atomic E-state index is 0.751. The Hall–Kier alpha value is -1.83. The average molecular weight is 185 g/mol. The van der Waals surface area contributed by atoms with Crippen molar-refractivity contribution in [1.29, 1.82) is 0 Å². The Balaban J connectivity index is 2.70. The molecule has 0 aliphatic carbocycles. The van der Waals surface area contributed by atoms with Crippen molar-refractivity contribution in [1.82, 2.24) is 4.98 Å². The molecule has 2 heteroatoms. The molecule has 0 atom stereocenters. The number of ether oxygens (including phenoxy) is 1. The van der Waals surface area contributed by atoms with Crippen LogP contribution in [0.25, 0.3) is 10.9 Å². The maximum absolute atomic E-state index is 5.28. The third-order valence-corrected chi connectivity index (χ3v) is 2.03. The number of para-hydroxylation sites is 1. The number of nitrogens with zero attached hydrogens (tertiary/aromatic N) is 1. The molecule has 1 aromatic heterocycles. The highest BCUT2D eigenvalue weighted by Gasteiger charge is 2.01. The van der Waals surface area contributed by atoms with Crippen LogP contribution in [0.5, 0.6) is 5.75 Å². The van der Waals surface area contributed by atoms with E-state index in [9.17, 15) is 0 Å². The predicted octanol–water partition coefficient (Wildman–Crippen LogP) is 3.07. The lowest BCUT2D eigenvalue weighted by Gasteiger charge is -2.04. The molecule has 70 valence electrons. The zero-order valence-corrected chi connectivity index (χ0v) is 8.03. The lowest BCUT2D eigenvalue weighted by Crippen LogP contribution is -1.87. The Kier molecular flexibility index (Phi) is 2.19. The summed E-state index contributed by atoms with van der Waals surface area (Å²) in [7, 11) is 0. The van der Waals surface area contributed by atoms with Gasteiger partial charge >= 0.3 is 0 Å². The molecule has 0 saturated heterocycles. The second kappa shape index (κ2) is 3.50. The van der Waals surface area contributed by atoms with Gasteiger partial charge in [-0.25, -0.2) is 4.98 Å². The van der Waals surface area contributed by atoms with Gasteiger partial charge in [0.1, 0.15) is 5.52 Å². The fourth-order valence-electron chi connectivity index (χ4n) is 1.40. The normalized spacial score (nSPS) is 10.1. The zero-order chi connectivity index (χ0) is 9.97. The predicted molar refractivity (Wildman–Crippen MR) is 57.3 cm³/mol. The average Bonchev–Trinajstić information content (AvgIpc) is 2.19. The van der Waals surface area contributed by atoms with Crippen LogP contribution in [0.2, 0.25) is 0 Å². The first-order valence-electron chi connectivity index (χ1n) is 4.45. The maximum atomic E-state index is 5.28. The van der Waals surface area contributed by atoms with Gasteiger partial charge in [0.15, 0.2) is 5.75 Å². The Morgan fingerprint density at radius 3 is 2.93 bits per heavy atom. The van der Waals surface area contributed by atoms with E-state index in [-0.39, 0.29) is 0 Å². The molecule has 0 bridgehead atoms. The van der Waals surface area contributed by atoms with Crippen LogP contribution in [-0.4, -0.2) is 4.98 Å². The second-order valence-corrected chi connectivity index (χ2v) is 3.07. The van der Waals surface area contributed by atoms with Gasteiger partial charge in [0, 0.05) is 11.1 Å². The van der Waals surface area contributed by atoms with Gasteiger partial charge in [-0.15, -0.1) is 0 Å². The van der Waals surface area contributed by atoms with Gasteiger partial charge in [-0.1, -0.05) is 24.8 Å². The highest BCUT2D eigenvalue weighted by Crippen LogP contribution is 2.23. The molecule has 1 heterocycles. The Bertz CT molecular complexity index is 477. The first kappa shape index (κ1) is 8.75. The molecule has 0 radical (unpaired) electrons. The number of hydrogen-bond acceptors (Lipinski definition) is 2. The second-order valence-electron chi connectivity index (χ2n) is 3.07. The van der Waals surface area contributed by atoms with Crippen LogP contribution >= 0.6 is 0 Å². The molecule has 0 aliphatic rings. The third-order valence-electron chi connectivity index (χ3n) is 2.03. The molecular weight excluding hydrogens is 174 g/mol. The summed E-state index contributed by atoms with van der Waals surface area (Å²) in [6.07, 6.45) is 1.42. The molecule has 2 nitrogen and oxygen atoms in total. The summed E-state index contributed by atoms with van der Waals surface area (Å²) in [6.45, 7) is 5.50. The molecule has 2 aromatic rings. The molecule has 0 saturated carbocycles. The van der Waals surface area contributed by atoms with Crippen molar-refractivity contribution < 1.29 is 4.74 Å². The molecule has 0 spiro atoms. The number of aromatic nitrogens is 1. The third kappa shape index (κ3) is 1.46. The van der Waals surface area contributed by atoms with Crippen molar-refractivity contribution in [3.8, 4) is 5.75 Å². The maximum Gasteiger partial charge on any atom is 0.152 e. The summed E-state index contributed by atoms with van der Waals surface area (Å²) in [6, 6.07) is 9.86. The number of aryl methyl sites for hydroxylation is 1. The van der Waals surface area contributed by atoms with E-state index in [1.807, 2.05) is 37.3 Å². The number of fused-ring (bicyclic) bond motifs is 1. The minimum atomic E-state index is 0.751. The largest absolute Gasteiger partial charge is 0.463 e. The zero-order valence-electron chi connectivity index (χ0n) is 8.03. The van der Waals surface area contributed by atoms with Crippen LogP contribution in [0.4, 0.5) is 0 Å². The SMILES string of the molecule is C=COc1cccc2ccc(C)nc12. The lowest BCUT2D eigenvalue weighted by atomic mass is 10.2. The summed E-state index contributed by atoms with van der Waals surface area (Å²) in [5.41, 5.74) is 1.87. The molecule has 1 aromatic carbocycles. The molecule has 0 N–H and O–H groups in total. The summed E-state index contributed by atoms with van der Waals surface area (Å²) in [5, 5.41) is 1.08. The Morgan fingerprint density at radius 1 is 1.29 bits per heavy atom. The monoisotopic (exact) mass is 185 g/mol. The number of rotatable bonds is 2. The van der Waals surface area contributed by atoms with Gasteiger partial charge in [-0.2, -0.15) is 0 Å². The van der Waals surface area contributed by atoms with E-state index >= 15 is 0 Å². The van der Waals surface area contributed by atoms with Crippen LogP contribution in [-0.2, 0) is 0 Å². The van der Waals surface area contributed by atoms with Crippen molar-refractivity contribution in [3.05, 3.63) is 48.9 Å². The molecular formula is C12H11NO. The Morgan fingerprint density at radius 2 is 2.14 bits per heavy atom. The molecule has 14 heavy (non-hydrogen) atoms. The van der Waals surface area contributed by atoms with E-state index in [1.54, 1.807) is 0 Å². The number of hydrogen-bond donors (Lipinski definition) is 0. The molecule has 0 fully saturated rings. The quantitative estimate of drug-likeness (QED) is 0.671. The van der Waals surface area contributed by atoms with Gasteiger partial charge in [0.2, 0.25) is 0 Å². The molecule has 0 aliphatic heterocycles. The van der Waals surface area contributed by atoms with E-state index in [0.717, 1.165) is 22.3 Å². The van der Waals surface area contributed by atoms with Crippen LogP contribution in [0, 0.1) is 6.92 Å². The fraction of sp³-hybridized carbons (Fsp3) is 0.0833. The fourth-order valence-corrected chi connectivity index (χ4v) is 1.40. The van der Waals surface area contributed by atoms with E-state index in [2.05, 4.69) is 11.6 Å². The van der Waals surface area contributed by atoms with Crippen LogP contribution in [0.3, 0.4) is 0 Å². The smallest absolute Gasteiger partial charge is 0.152 e. The summed E-state index contributed by atoms with van der Waals surface area (Å²) in [5.74, 6) is 0.751. The highest BCUT2D eigenvalue weighted by molar-refractivity contribution is 5.84. The van der Waals surface area contributed by atoms with Gasteiger partial charge < -0.3 is 4.74 Å². The van der Waals surface area contributed by atoms with Crippen molar-refractivity contribution >= 4 is 10.9 Å². The van der Waals surface area contributed by atoms with Gasteiger partial charge in [-0.05, 0) is 19.1 Å². The molecule has 0 amide bonds. The van der Waals surface area contributed by atoms with Crippen molar-refractivity contribution in [2.75, 3.05) is 0 Å². The van der Waals surface area contributed by atoms with E-state index in [4.69, 9.17) is 4.74 Å². The van der Waals surface area contributed by atoms with Crippen molar-refractivity contribution in [2.24, 2.45) is 0 Å².